The smallest absolute Gasteiger partial charge is 0.410 e. The second kappa shape index (κ2) is 8.34. The highest BCUT2D eigenvalue weighted by molar-refractivity contribution is 5.68. The summed E-state index contributed by atoms with van der Waals surface area (Å²) in [6, 6.07) is 0.229. The molecule has 0 radical (unpaired) electrons. The minimum Gasteiger partial charge on any atom is -0.444 e. The van der Waals surface area contributed by atoms with Gasteiger partial charge in [0.05, 0.1) is 6.10 Å². The van der Waals surface area contributed by atoms with Gasteiger partial charge in [-0.25, -0.2) is 4.79 Å². The van der Waals surface area contributed by atoms with Crippen LogP contribution in [0.5, 0.6) is 0 Å². The van der Waals surface area contributed by atoms with E-state index < -0.39 is 5.60 Å². The minimum absolute atomic E-state index is 0.122. The highest BCUT2D eigenvalue weighted by atomic mass is 16.6. The Morgan fingerprint density at radius 3 is 2.65 bits per heavy atom. The number of nitrogens with zero attached hydrogens (tertiary/aromatic N) is 1. The standard InChI is InChI=1S/C18H34N2O3/c1-18(2,3)23-17(22)20-10-5-4-8-15(20)13-19-12-14-7-6-9-16(21)11-14/h14-16,19,21H,4-13H2,1-3H3. The second-order valence-corrected chi connectivity index (χ2v) is 8.17. The highest BCUT2D eigenvalue weighted by Crippen LogP contribution is 2.24. The number of ether oxygens (including phenoxy) is 1. The topological polar surface area (TPSA) is 61.8 Å². The van der Waals surface area contributed by atoms with Crippen LogP contribution in [0.1, 0.15) is 65.7 Å². The first kappa shape index (κ1) is 18.5. The van der Waals surface area contributed by atoms with Gasteiger partial charge >= 0.3 is 6.09 Å². The van der Waals surface area contributed by atoms with E-state index in [9.17, 15) is 9.90 Å². The number of nitrogens with one attached hydrogen (secondary N) is 1. The van der Waals surface area contributed by atoms with Gasteiger partial charge in [-0.3, -0.25) is 0 Å². The summed E-state index contributed by atoms with van der Waals surface area (Å²) in [5.74, 6) is 0.567. The van der Waals surface area contributed by atoms with Crippen molar-refractivity contribution in [1.29, 1.82) is 0 Å². The number of hydrogen-bond donors (Lipinski definition) is 2. The van der Waals surface area contributed by atoms with E-state index in [4.69, 9.17) is 4.74 Å². The first-order valence-electron chi connectivity index (χ1n) is 9.23. The molecule has 3 atom stereocenters. The molecule has 2 aliphatic rings. The summed E-state index contributed by atoms with van der Waals surface area (Å²) in [7, 11) is 0. The van der Waals surface area contributed by atoms with Crippen molar-refractivity contribution in [3.8, 4) is 0 Å². The van der Waals surface area contributed by atoms with Crippen LogP contribution in [-0.2, 0) is 4.74 Å². The van der Waals surface area contributed by atoms with E-state index in [1.165, 1.54) is 12.8 Å². The fourth-order valence-corrected chi connectivity index (χ4v) is 3.68. The van der Waals surface area contributed by atoms with Crippen LogP contribution in [0.2, 0.25) is 0 Å². The first-order valence-corrected chi connectivity index (χ1v) is 9.23. The van der Waals surface area contributed by atoms with Gasteiger partial charge in [-0.2, -0.15) is 0 Å². The fourth-order valence-electron chi connectivity index (χ4n) is 3.68. The molecule has 1 amide bonds. The molecule has 3 unspecified atom stereocenters. The second-order valence-electron chi connectivity index (χ2n) is 8.17. The van der Waals surface area contributed by atoms with Gasteiger partial charge in [0.2, 0.25) is 0 Å². The fraction of sp³-hybridized carbons (Fsp3) is 0.944. The molecular formula is C18H34N2O3. The van der Waals surface area contributed by atoms with Crippen LogP contribution < -0.4 is 5.32 Å². The van der Waals surface area contributed by atoms with E-state index in [2.05, 4.69) is 5.32 Å². The average Bonchev–Trinajstić information content (AvgIpc) is 2.46. The number of hydrogen-bond acceptors (Lipinski definition) is 4. The molecule has 2 fully saturated rings. The molecule has 2 rings (SSSR count). The maximum atomic E-state index is 12.4. The summed E-state index contributed by atoms with van der Waals surface area (Å²) >= 11 is 0. The molecule has 1 saturated carbocycles. The summed E-state index contributed by atoms with van der Waals surface area (Å²) in [5.41, 5.74) is -0.440. The van der Waals surface area contributed by atoms with Crippen LogP contribution in [0, 0.1) is 5.92 Å². The van der Waals surface area contributed by atoms with Gasteiger partial charge < -0.3 is 20.1 Å². The number of aliphatic hydroxyl groups excluding tert-OH is 1. The van der Waals surface area contributed by atoms with Crippen molar-refractivity contribution in [1.82, 2.24) is 10.2 Å². The van der Waals surface area contributed by atoms with Crippen LogP contribution >= 0.6 is 0 Å². The number of likely N-dealkylation sites (tertiary alicyclic amines) is 1. The minimum atomic E-state index is -0.440. The molecule has 0 spiro atoms. The Morgan fingerprint density at radius 1 is 1.17 bits per heavy atom. The number of carbonyl (C=O) groups excluding carboxylic acids is 1. The van der Waals surface area contributed by atoms with Gasteiger partial charge in [-0.05, 0) is 71.8 Å². The normalized spacial score (nSPS) is 29.4. The van der Waals surface area contributed by atoms with E-state index in [0.717, 1.165) is 51.7 Å². The summed E-state index contributed by atoms with van der Waals surface area (Å²) in [6.45, 7) is 8.30. The maximum Gasteiger partial charge on any atom is 0.410 e. The van der Waals surface area contributed by atoms with Gasteiger partial charge in [0.15, 0.2) is 0 Å². The molecular weight excluding hydrogens is 292 g/mol. The Labute approximate surface area is 140 Å². The SMILES string of the molecule is CC(C)(C)OC(=O)N1CCCCC1CNCC1CCCC(O)C1. The Morgan fingerprint density at radius 2 is 1.96 bits per heavy atom. The third-order valence-corrected chi connectivity index (χ3v) is 4.82. The lowest BCUT2D eigenvalue weighted by Gasteiger charge is -2.37. The van der Waals surface area contributed by atoms with Gasteiger partial charge in [0, 0.05) is 19.1 Å². The van der Waals surface area contributed by atoms with Crippen molar-refractivity contribution in [3.05, 3.63) is 0 Å². The molecule has 134 valence electrons. The van der Waals surface area contributed by atoms with E-state index in [-0.39, 0.29) is 18.2 Å². The van der Waals surface area contributed by atoms with Crippen molar-refractivity contribution in [2.24, 2.45) is 5.92 Å². The van der Waals surface area contributed by atoms with Crippen LogP contribution in [0.25, 0.3) is 0 Å². The molecule has 0 aromatic heterocycles. The lowest BCUT2D eigenvalue weighted by molar-refractivity contribution is 0.00977. The highest BCUT2D eigenvalue weighted by Gasteiger charge is 2.30. The monoisotopic (exact) mass is 326 g/mol. The van der Waals surface area contributed by atoms with E-state index in [0.29, 0.717) is 5.92 Å². The Bertz CT molecular complexity index is 381. The zero-order chi connectivity index (χ0) is 16.9. The van der Waals surface area contributed by atoms with Gasteiger partial charge in [0.25, 0.3) is 0 Å². The van der Waals surface area contributed by atoms with Crippen molar-refractivity contribution in [2.75, 3.05) is 19.6 Å². The van der Waals surface area contributed by atoms with Crippen molar-refractivity contribution >= 4 is 6.09 Å². The lowest BCUT2D eigenvalue weighted by Crippen LogP contribution is -2.50. The predicted molar refractivity (Wildman–Crippen MR) is 91.4 cm³/mol. The van der Waals surface area contributed by atoms with Crippen molar-refractivity contribution in [2.45, 2.75) is 83.5 Å². The molecule has 1 heterocycles. The third kappa shape index (κ3) is 6.30. The number of carbonyl (C=O) groups is 1. The molecule has 5 nitrogen and oxygen atoms in total. The lowest BCUT2D eigenvalue weighted by atomic mass is 9.87. The molecule has 1 saturated heterocycles. The molecule has 1 aliphatic heterocycles. The molecule has 0 bridgehead atoms. The molecule has 0 aromatic rings. The maximum absolute atomic E-state index is 12.4. The summed E-state index contributed by atoms with van der Waals surface area (Å²) < 4.78 is 5.54. The Kier molecular flexibility index (Phi) is 6.72. The molecule has 0 aromatic carbocycles. The van der Waals surface area contributed by atoms with Crippen molar-refractivity contribution in [3.63, 3.8) is 0 Å². The number of aliphatic hydroxyl groups is 1. The molecule has 23 heavy (non-hydrogen) atoms. The molecule has 1 aliphatic carbocycles. The van der Waals surface area contributed by atoms with Gasteiger partial charge in [0.1, 0.15) is 5.60 Å². The zero-order valence-corrected chi connectivity index (χ0v) is 15.0. The van der Waals surface area contributed by atoms with Gasteiger partial charge in [-0.1, -0.05) is 6.42 Å². The largest absolute Gasteiger partial charge is 0.444 e. The van der Waals surface area contributed by atoms with Gasteiger partial charge in [-0.15, -0.1) is 0 Å². The summed E-state index contributed by atoms with van der Waals surface area (Å²) in [4.78, 5) is 14.3. The molecule has 2 N–H and O–H groups in total. The molecule has 5 heteroatoms. The number of rotatable bonds is 4. The third-order valence-electron chi connectivity index (χ3n) is 4.82. The van der Waals surface area contributed by atoms with E-state index in [1.54, 1.807) is 0 Å². The average molecular weight is 326 g/mol. The number of amides is 1. The first-order chi connectivity index (χ1) is 10.8. The summed E-state index contributed by atoms with van der Waals surface area (Å²) in [6.07, 6.45) is 7.16. The predicted octanol–water partition coefficient (Wildman–Crippen LogP) is 2.92. The van der Waals surface area contributed by atoms with Crippen LogP contribution in [0.3, 0.4) is 0 Å². The number of piperidine rings is 1. The van der Waals surface area contributed by atoms with Crippen LogP contribution in [-0.4, -0.2) is 53.5 Å². The Balaban J connectivity index is 1.78. The summed E-state index contributed by atoms with van der Waals surface area (Å²) in [5, 5.41) is 13.3. The Hall–Kier alpha value is -0.810. The van der Waals surface area contributed by atoms with Crippen molar-refractivity contribution < 1.29 is 14.6 Å². The van der Waals surface area contributed by atoms with Crippen LogP contribution in [0.15, 0.2) is 0 Å². The van der Waals surface area contributed by atoms with Crippen LogP contribution in [0.4, 0.5) is 4.79 Å². The quantitative estimate of drug-likeness (QED) is 0.834. The van der Waals surface area contributed by atoms with E-state index >= 15 is 0 Å². The van der Waals surface area contributed by atoms with E-state index in [1.807, 2.05) is 25.7 Å². The zero-order valence-electron chi connectivity index (χ0n) is 15.0.